The number of phenolic OH excluding ortho intramolecular Hbond substituents is 1. The number of esters is 1. The predicted molar refractivity (Wildman–Crippen MR) is 156 cm³/mol. The molecule has 0 saturated heterocycles. The molecule has 0 heterocycles. The Bertz CT molecular complexity index is 1530. The minimum Gasteiger partial charge on any atom is -0.507 e. The number of nitrogens with two attached hydrogens (primary N) is 1. The molecule has 4 N–H and O–H groups in total. The van der Waals surface area contributed by atoms with Crippen LogP contribution in [0.3, 0.4) is 0 Å². The fraction of sp³-hybridized carbons (Fsp3) is 0.647. The predicted octanol–water partition coefficient (Wildman–Crippen LogP) is 1.41. The highest BCUT2D eigenvalue weighted by molar-refractivity contribution is 6.32. The number of aliphatic hydroxyl groups is 1. The number of Topliss-reactive ketones (excluding diaryl/α,β-unsaturated/α-hetero) is 4. The molecule has 45 heavy (non-hydrogen) atoms. The first-order valence-corrected chi connectivity index (χ1v) is 16.1. The summed E-state index contributed by atoms with van der Waals surface area (Å²) in [7, 11) is 3.01. The van der Waals surface area contributed by atoms with Crippen molar-refractivity contribution in [3.8, 4) is 5.75 Å². The van der Waals surface area contributed by atoms with E-state index >= 15 is 0 Å². The van der Waals surface area contributed by atoms with E-state index in [-0.39, 0.29) is 23.7 Å². The number of benzene rings is 1. The summed E-state index contributed by atoms with van der Waals surface area (Å²) in [6.07, 6.45) is 4.30. The van der Waals surface area contributed by atoms with Crippen molar-refractivity contribution in [2.24, 2.45) is 59.0 Å². The molecule has 13 atom stereocenters. The second-order valence-electron chi connectivity index (χ2n) is 14.9. The second-order valence-corrected chi connectivity index (χ2v) is 14.9. The van der Waals surface area contributed by atoms with Crippen LogP contribution < -0.4 is 5.73 Å². The summed E-state index contributed by atoms with van der Waals surface area (Å²) >= 11 is 0. The van der Waals surface area contributed by atoms with E-state index in [4.69, 9.17) is 10.5 Å². The fourth-order valence-electron chi connectivity index (χ4n) is 10.8. The maximum Gasteiger partial charge on any atom is 0.306 e. The number of rotatable bonds is 5. The standard InChI is InChI=1S/C34H40N2O9/c1-13-18-5-4-6-20(37)23(18)28(39)24-22(13)30(45-21(38)12-17-9-14-7-15-10-16(8-14)19(17)11-15)26-27(36(2)3)29(40)25(33(35)43)32(42)34(26,44)31(24)41/h4-6,13-17,19,22,24-27,30,37,44H,7-12H2,1-3H3,(H2,35,43). The molecular weight excluding hydrogens is 580 g/mol. The number of carbonyl (C=O) groups excluding carboxylic acids is 6. The van der Waals surface area contributed by atoms with Gasteiger partial charge in [0.05, 0.1) is 23.4 Å². The van der Waals surface area contributed by atoms with Gasteiger partial charge in [0.15, 0.2) is 34.7 Å². The number of amides is 1. The Kier molecular flexibility index (Phi) is 6.91. The molecule has 0 aliphatic heterocycles. The summed E-state index contributed by atoms with van der Waals surface area (Å²) in [5, 5.41) is 22.9. The van der Waals surface area contributed by atoms with E-state index < -0.39 is 82.3 Å². The van der Waals surface area contributed by atoms with Gasteiger partial charge in [-0.2, -0.15) is 0 Å². The van der Waals surface area contributed by atoms with Crippen LogP contribution in [-0.2, 0) is 28.7 Å². The molecule has 13 unspecified atom stereocenters. The van der Waals surface area contributed by atoms with E-state index in [0.717, 1.165) is 12.8 Å². The number of ether oxygens (including phenoxy) is 1. The third kappa shape index (κ3) is 4.15. The molecule has 1 aromatic rings. The average molecular weight is 621 g/mol. The highest BCUT2D eigenvalue weighted by atomic mass is 16.5. The van der Waals surface area contributed by atoms with Gasteiger partial charge < -0.3 is 20.7 Å². The Labute approximate surface area is 260 Å². The third-order valence-electron chi connectivity index (χ3n) is 12.4. The van der Waals surface area contributed by atoms with Gasteiger partial charge in [0, 0.05) is 12.3 Å². The van der Waals surface area contributed by atoms with Gasteiger partial charge in [0.1, 0.15) is 11.9 Å². The quantitative estimate of drug-likeness (QED) is 0.322. The molecule has 0 aromatic heterocycles. The normalized spacial score (nSPS) is 43.1. The topological polar surface area (TPSA) is 181 Å². The van der Waals surface area contributed by atoms with Crippen molar-refractivity contribution >= 4 is 35.0 Å². The Morgan fingerprint density at radius 3 is 2.38 bits per heavy atom. The van der Waals surface area contributed by atoms with Gasteiger partial charge in [-0.25, -0.2) is 0 Å². The Hall–Kier alpha value is -3.44. The van der Waals surface area contributed by atoms with E-state index in [0.29, 0.717) is 29.2 Å². The Balaban J connectivity index is 1.33. The average Bonchev–Trinajstić information content (AvgIpc) is 3.19. The molecule has 11 heteroatoms. The number of ketones is 4. The van der Waals surface area contributed by atoms with Gasteiger partial charge in [0.2, 0.25) is 5.91 Å². The van der Waals surface area contributed by atoms with Crippen LogP contribution in [0.1, 0.15) is 67.3 Å². The number of phenols is 1. The fourth-order valence-corrected chi connectivity index (χ4v) is 10.8. The van der Waals surface area contributed by atoms with E-state index in [2.05, 4.69) is 0 Å². The zero-order valence-electron chi connectivity index (χ0n) is 25.7. The minimum atomic E-state index is -3.02. The van der Waals surface area contributed by atoms with Crippen LogP contribution in [0.2, 0.25) is 0 Å². The lowest BCUT2D eigenvalue weighted by atomic mass is 9.49. The van der Waals surface area contributed by atoms with Gasteiger partial charge in [0.25, 0.3) is 0 Å². The zero-order chi connectivity index (χ0) is 32.3. The van der Waals surface area contributed by atoms with Crippen LogP contribution in [0.25, 0.3) is 0 Å². The van der Waals surface area contributed by atoms with Crippen molar-refractivity contribution in [2.45, 2.75) is 69.1 Å². The first-order valence-electron chi connectivity index (χ1n) is 16.1. The lowest BCUT2D eigenvalue weighted by molar-refractivity contribution is -0.206. The molecule has 3 bridgehead atoms. The van der Waals surface area contributed by atoms with E-state index in [9.17, 15) is 39.0 Å². The number of fused-ring (bicyclic) bond motifs is 5. The first-order chi connectivity index (χ1) is 21.2. The maximum atomic E-state index is 14.4. The molecule has 240 valence electrons. The molecule has 0 radical (unpaired) electrons. The van der Waals surface area contributed by atoms with Gasteiger partial charge in [-0.05, 0) is 93.3 Å². The summed E-state index contributed by atoms with van der Waals surface area (Å²) < 4.78 is 6.27. The van der Waals surface area contributed by atoms with Crippen LogP contribution in [0.15, 0.2) is 18.2 Å². The monoisotopic (exact) mass is 620 g/mol. The van der Waals surface area contributed by atoms with Crippen molar-refractivity contribution in [3.63, 3.8) is 0 Å². The van der Waals surface area contributed by atoms with Crippen LogP contribution in [0, 0.1) is 53.3 Å². The Morgan fingerprint density at radius 2 is 1.71 bits per heavy atom. The number of nitrogens with zero attached hydrogens (tertiary/aromatic N) is 1. The largest absolute Gasteiger partial charge is 0.507 e. The molecule has 5 fully saturated rings. The van der Waals surface area contributed by atoms with Gasteiger partial charge in [-0.3, -0.25) is 33.7 Å². The summed E-state index contributed by atoms with van der Waals surface area (Å²) in [5.41, 5.74) is 2.79. The lowest BCUT2D eigenvalue weighted by Crippen LogP contribution is -2.78. The summed E-state index contributed by atoms with van der Waals surface area (Å²) in [6, 6.07) is 3.13. The molecule has 1 amide bonds. The molecule has 6 aliphatic rings. The van der Waals surface area contributed by atoms with Crippen molar-refractivity contribution in [3.05, 3.63) is 29.3 Å². The number of hydrogen-bond acceptors (Lipinski definition) is 10. The number of primary amides is 1. The van der Waals surface area contributed by atoms with Crippen molar-refractivity contribution in [2.75, 3.05) is 14.1 Å². The Morgan fingerprint density at radius 1 is 1.02 bits per heavy atom. The van der Waals surface area contributed by atoms with Gasteiger partial charge in [-0.15, -0.1) is 0 Å². The first kappa shape index (κ1) is 30.2. The van der Waals surface area contributed by atoms with Crippen LogP contribution in [-0.4, -0.2) is 82.0 Å². The minimum absolute atomic E-state index is 0.102. The van der Waals surface area contributed by atoms with Crippen molar-refractivity contribution < 1.29 is 43.7 Å². The molecule has 11 nitrogen and oxygen atoms in total. The van der Waals surface area contributed by atoms with Crippen LogP contribution >= 0.6 is 0 Å². The number of hydrogen-bond donors (Lipinski definition) is 3. The second kappa shape index (κ2) is 10.3. The molecule has 1 aromatic carbocycles. The summed E-state index contributed by atoms with van der Waals surface area (Å²) in [6.45, 7) is 1.74. The molecule has 7 rings (SSSR count). The summed E-state index contributed by atoms with van der Waals surface area (Å²) in [5.74, 6) is -11.2. The summed E-state index contributed by atoms with van der Waals surface area (Å²) in [4.78, 5) is 83.8. The van der Waals surface area contributed by atoms with Crippen LogP contribution in [0.4, 0.5) is 0 Å². The van der Waals surface area contributed by atoms with Crippen molar-refractivity contribution in [1.82, 2.24) is 4.90 Å². The van der Waals surface area contributed by atoms with E-state index in [1.807, 2.05) is 0 Å². The van der Waals surface area contributed by atoms with E-state index in [1.165, 1.54) is 44.3 Å². The van der Waals surface area contributed by atoms with E-state index in [1.54, 1.807) is 19.1 Å². The van der Waals surface area contributed by atoms with Crippen LogP contribution in [0.5, 0.6) is 5.75 Å². The highest BCUT2D eigenvalue weighted by Gasteiger charge is 2.74. The molecule has 5 saturated carbocycles. The third-order valence-corrected chi connectivity index (χ3v) is 12.4. The number of carbonyl (C=O) groups is 6. The number of likely N-dealkylation sites (N-methyl/N-ethyl adjacent to an activating group) is 1. The molecular formula is C34H40N2O9. The maximum absolute atomic E-state index is 14.4. The van der Waals surface area contributed by atoms with Gasteiger partial charge >= 0.3 is 5.97 Å². The SMILES string of the molecule is CC1c2cccc(O)c2C(=O)C2C(=O)C3(O)C(=O)C(C(N)=O)C(=O)C(N(C)C)C3C(OC(=O)CC3CC4CC5CC(C4)C3C5)C21. The molecule has 0 spiro atoms. The van der Waals surface area contributed by atoms with Crippen molar-refractivity contribution in [1.29, 1.82) is 0 Å². The lowest BCUT2D eigenvalue weighted by Gasteiger charge is -2.56. The van der Waals surface area contributed by atoms with Gasteiger partial charge in [-0.1, -0.05) is 19.1 Å². The molecule has 6 aliphatic carbocycles. The zero-order valence-corrected chi connectivity index (χ0v) is 25.7. The number of aromatic hydroxyl groups is 1. The smallest absolute Gasteiger partial charge is 0.306 e. The highest BCUT2D eigenvalue weighted by Crippen LogP contribution is 2.59.